The maximum atomic E-state index is 11.5. The van der Waals surface area contributed by atoms with Gasteiger partial charge in [-0.3, -0.25) is 9.69 Å². The van der Waals surface area contributed by atoms with Crippen LogP contribution in [0.15, 0.2) is 10.8 Å². The molecule has 19 heavy (non-hydrogen) atoms. The van der Waals surface area contributed by atoms with Crippen LogP contribution in [0.2, 0.25) is 0 Å². The van der Waals surface area contributed by atoms with E-state index >= 15 is 0 Å². The fraction of sp³-hybridized carbons (Fsp3) is 0.714. The zero-order valence-corrected chi connectivity index (χ0v) is 11.2. The molecular formula is C14H20N2O3. The monoisotopic (exact) mass is 264 g/mol. The number of aryl methyl sites for hydroxylation is 1. The number of hydrogen-bond donors (Lipinski definition) is 1. The molecular weight excluding hydrogens is 244 g/mol. The highest BCUT2D eigenvalue weighted by Crippen LogP contribution is 2.40. The lowest BCUT2D eigenvalue weighted by atomic mass is 9.85. The van der Waals surface area contributed by atoms with E-state index in [4.69, 9.17) is 4.42 Å². The number of fused-ring (bicyclic) bond motifs is 1. The van der Waals surface area contributed by atoms with Gasteiger partial charge in [0.25, 0.3) is 0 Å². The first-order valence-corrected chi connectivity index (χ1v) is 7.04. The Morgan fingerprint density at radius 1 is 1.53 bits per heavy atom. The highest BCUT2D eigenvalue weighted by molar-refractivity contribution is 5.74. The van der Waals surface area contributed by atoms with Gasteiger partial charge in [0.15, 0.2) is 6.39 Å². The summed E-state index contributed by atoms with van der Waals surface area (Å²) in [6.07, 6.45) is 6.96. The molecule has 3 atom stereocenters. The van der Waals surface area contributed by atoms with Gasteiger partial charge >= 0.3 is 5.97 Å². The number of oxazole rings is 1. The minimum atomic E-state index is -0.699. The van der Waals surface area contributed by atoms with Gasteiger partial charge in [-0.25, -0.2) is 4.98 Å². The third-order valence-electron chi connectivity index (χ3n) is 4.68. The average molecular weight is 264 g/mol. The van der Waals surface area contributed by atoms with Crippen molar-refractivity contribution in [3.05, 3.63) is 17.8 Å². The number of likely N-dealkylation sites (tertiary alicyclic amines) is 1. The zero-order valence-electron chi connectivity index (χ0n) is 11.2. The van der Waals surface area contributed by atoms with E-state index in [0.29, 0.717) is 18.5 Å². The highest BCUT2D eigenvalue weighted by Gasteiger charge is 2.45. The van der Waals surface area contributed by atoms with Crippen molar-refractivity contribution in [2.24, 2.45) is 5.92 Å². The van der Waals surface area contributed by atoms with Crippen LogP contribution in [0.3, 0.4) is 0 Å². The molecule has 0 amide bonds. The van der Waals surface area contributed by atoms with Gasteiger partial charge in [-0.2, -0.15) is 0 Å². The van der Waals surface area contributed by atoms with Crippen molar-refractivity contribution in [3.63, 3.8) is 0 Å². The van der Waals surface area contributed by atoms with Crippen molar-refractivity contribution in [2.75, 3.05) is 0 Å². The van der Waals surface area contributed by atoms with Crippen LogP contribution in [-0.2, 0) is 11.3 Å². The molecule has 2 aliphatic rings. The Balaban J connectivity index is 1.82. The molecule has 1 saturated heterocycles. The second-order valence-electron chi connectivity index (χ2n) is 5.73. The molecule has 5 nitrogen and oxygen atoms in total. The van der Waals surface area contributed by atoms with Crippen LogP contribution in [0, 0.1) is 12.8 Å². The maximum Gasteiger partial charge on any atom is 0.320 e. The van der Waals surface area contributed by atoms with E-state index in [0.717, 1.165) is 24.3 Å². The van der Waals surface area contributed by atoms with Crippen molar-refractivity contribution in [1.82, 2.24) is 9.88 Å². The summed E-state index contributed by atoms with van der Waals surface area (Å²) >= 11 is 0. The molecule has 1 aromatic rings. The van der Waals surface area contributed by atoms with Crippen LogP contribution >= 0.6 is 0 Å². The molecule has 1 saturated carbocycles. The Labute approximate surface area is 112 Å². The molecule has 5 heteroatoms. The molecule has 0 aromatic carbocycles. The quantitative estimate of drug-likeness (QED) is 0.906. The highest BCUT2D eigenvalue weighted by atomic mass is 16.4. The summed E-state index contributed by atoms with van der Waals surface area (Å²) < 4.78 is 5.22. The fourth-order valence-corrected chi connectivity index (χ4v) is 3.68. The van der Waals surface area contributed by atoms with Gasteiger partial charge in [0.05, 0.1) is 5.69 Å². The minimum absolute atomic E-state index is 0.357. The Bertz CT molecular complexity index is 471. The van der Waals surface area contributed by atoms with Gasteiger partial charge in [-0.1, -0.05) is 12.8 Å². The second-order valence-corrected chi connectivity index (χ2v) is 5.73. The van der Waals surface area contributed by atoms with Gasteiger partial charge in [0, 0.05) is 12.6 Å². The lowest BCUT2D eigenvalue weighted by molar-refractivity contribution is -0.142. The van der Waals surface area contributed by atoms with Crippen LogP contribution in [0.4, 0.5) is 0 Å². The number of carboxylic acid groups (broad SMARTS) is 1. The normalized spacial score (nSPS) is 31.3. The Kier molecular flexibility index (Phi) is 3.31. The van der Waals surface area contributed by atoms with Crippen molar-refractivity contribution in [1.29, 1.82) is 0 Å². The van der Waals surface area contributed by atoms with Crippen LogP contribution in [0.5, 0.6) is 0 Å². The SMILES string of the molecule is Cc1ocnc1CN1C(C(=O)O)CC2CCCCC21. The first-order valence-electron chi connectivity index (χ1n) is 7.04. The molecule has 2 heterocycles. The number of carboxylic acids is 1. The van der Waals surface area contributed by atoms with Crippen LogP contribution < -0.4 is 0 Å². The largest absolute Gasteiger partial charge is 0.480 e. The van der Waals surface area contributed by atoms with E-state index in [1.807, 2.05) is 6.92 Å². The summed E-state index contributed by atoms with van der Waals surface area (Å²) in [6.45, 7) is 2.48. The smallest absolute Gasteiger partial charge is 0.320 e. The number of rotatable bonds is 3. The summed E-state index contributed by atoms with van der Waals surface area (Å²) in [4.78, 5) is 17.8. The van der Waals surface area contributed by atoms with E-state index in [9.17, 15) is 9.90 Å². The third-order valence-corrected chi connectivity index (χ3v) is 4.68. The van der Waals surface area contributed by atoms with E-state index in [1.165, 1.54) is 25.7 Å². The number of nitrogens with zero attached hydrogens (tertiary/aromatic N) is 2. The summed E-state index contributed by atoms with van der Waals surface area (Å²) in [6, 6.07) is 0.0511. The van der Waals surface area contributed by atoms with E-state index in [-0.39, 0.29) is 6.04 Å². The van der Waals surface area contributed by atoms with E-state index in [1.54, 1.807) is 0 Å². The molecule has 104 valence electrons. The molecule has 0 radical (unpaired) electrons. The predicted molar refractivity (Wildman–Crippen MR) is 68.6 cm³/mol. The number of hydrogen-bond acceptors (Lipinski definition) is 4. The third kappa shape index (κ3) is 2.27. The van der Waals surface area contributed by atoms with Crippen molar-refractivity contribution < 1.29 is 14.3 Å². The summed E-state index contributed by atoms with van der Waals surface area (Å²) in [7, 11) is 0. The molecule has 2 fully saturated rings. The standard InChI is InChI=1S/C14H20N2O3/c1-9-11(15-8-19-9)7-16-12-5-3-2-4-10(12)6-13(16)14(17)18/h8,10,12-13H,2-7H2,1H3,(H,17,18). The van der Waals surface area contributed by atoms with Crippen LogP contribution in [0.1, 0.15) is 43.6 Å². The fourth-order valence-electron chi connectivity index (χ4n) is 3.68. The van der Waals surface area contributed by atoms with Gasteiger partial charge in [-0.05, 0) is 32.1 Å². The predicted octanol–water partition coefficient (Wildman–Crippen LogP) is 2.20. The second kappa shape index (κ2) is 4.96. The van der Waals surface area contributed by atoms with Gasteiger partial charge in [0.2, 0.25) is 0 Å². The summed E-state index contributed by atoms with van der Waals surface area (Å²) in [5.41, 5.74) is 0.873. The minimum Gasteiger partial charge on any atom is -0.480 e. The molecule has 1 aliphatic carbocycles. The Morgan fingerprint density at radius 3 is 3.00 bits per heavy atom. The van der Waals surface area contributed by atoms with Crippen LogP contribution in [-0.4, -0.2) is 33.0 Å². The topological polar surface area (TPSA) is 66.6 Å². The van der Waals surface area contributed by atoms with Gasteiger partial charge in [0.1, 0.15) is 11.8 Å². The number of carbonyl (C=O) groups is 1. The summed E-state index contributed by atoms with van der Waals surface area (Å²) in [5, 5.41) is 9.44. The zero-order chi connectivity index (χ0) is 13.4. The average Bonchev–Trinajstić information content (AvgIpc) is 2.95. The first kappa shape index (κ1) is 12.7. The van der Waals surface area contributed by atoms with Gasteiger partial charge in [-0.15, -0.1) is 0 Å². The molecule has 0 spiro atoms. The lowest BCUT2D eigenvalue weighted by Crippen LogP contribution is -2.41. The van der Waals surface area contributed by atoms with Crippen LogP contribution in [0.25, 0.3) is 0 Å². The molecule has 0 bridgehead atoms. The van der Waals surface area contributed by atoms with E-state index < -0.39 is 5.97 Å². The maximum absolute atomic E-state index is 11.5. The Morgan fingerprint density at radius 2 is 2.32 bits per heavy atom. The van der Waals surface area contributed by atoms with Crippen molar-refractivity contribution in [3.8, 4) is 0 Å². The summed E-state index contributed by atoms with van der Waals surface area (Å²) in [5.74, 6) is 0.640. The first-order chi connectivity index (χ1) is 9.16. The molecule has 3 unspecified atom stereocenters. The molecule has 1 aliphatic heterocycles. The molecule has 1 N–H and O–H groups in total. The molecule has 1 aromatic heterocycles. The van der Waals surface area contributed by atoms with E-state index in [2.05, 4.69) is 9.88 Å². The Hall–Kier alpha value is -1.36. The lowest BCUT2D eigenvalue weighted by Gasteiger charge is -2.32. The van der Waals surface area contributed by atoms with Crippen molar-refractivity contribution in [2.45, 2.75) is 57.7 Å². The van der Waals surface area contributed by atoms with Crippen molar-refractivity contribution >= 4 is 5.97 Å². The van der Waals surface area contributed by atoms with Gasteiger partial charge < -0.3 is 9.52 Å². The molecule has 3 rings (SSSR count). The number of aliphatic carboxylic acids is 1. The number of aromatic nitrogens is 1.